The van der Waals surface area contributed by atoms with Crippen molar-refractivity contribution in [3.05, 3.63) is 23.5 Å². The lowest BCUT2D eigenvalue weighted by Crippen LogP contribution is -2.29. The van der Waals surface area contributed by atoms with Crippen LogP contribution in [0, 0.1) is 12.8 Å². The number of pyridine rings is 1. The van der Waals surface area contributed by atoms with Crippen LogP contribution in [0.5, 0.6) is 0 Å². The van der Waals surface area contributed by atoms with Gasteiger partial charge in [-0.3, -0.25) is 5.10 Å². The van der Waals surface area contributed by atoms with E-state index in [1.165, 1.54) is 42.6 Å². The van der Waals surface area contributed by atoms with Gasteiger partial charge in [0.15, 0.2) is 5.65 Å². The van der Waals surface area contributed by atoms with E-state index in [1.807, 2.05) is 6.20 Å². The second-order valence-electron chi connectivity index (χ2n) is 6.83. The van der Waals surface area contributed by atoms with Crippen molar-refractivity contribution in [3.63, 3.8) is 0 Å². The molecule has 0 radical (unpaired) electrons. The standard InChI is InChI=1S/C13H18N4.C4H10/c1-9-7-11-12(15-16-13(11)14-8-9)10-3-5-17(2)6-4-10;1-4(2)3/h7-8,10H,3-6H2,1-2H3,(H,14,15,16);4H,1-3H3. The predicted octanol–water partition coefficient (Wildman–Crippen LogP) is 3.74. The zero-order valence-electron chi connectivity index (χ0n) is 14.0. The smallest absolute Gasteiger partial charge is 0.181 e. The van der Waals surface area contributed by atoms with E-state index in [4.69, 9.17) is 0 Å². The fourth-order valence-electron chi connectivity index (χ4n) is 2.63. The van der Waals surface area contributed by atoms with Gasteiger partial charge in [0, 0.05) is 23.2 Å². The highest BCUT2D eigenvalue weighted by Gasteiger charge is 2.22. The molecule has 3 heterocycles. The average Bonchev–Trinajstić information content (AvgIpc) is 2.82. The number of aryl methyl sites for hydroxylation is 1. The Kier molecular flexibility index (Phi) is 5.34. The number of hydrogen-bond donors (Lipinski definition) is 1. The summed E-state index contributed by atoms with van der Waals surface area (Å²) in [5.74, 6) is 1.44. The number of rotatable bonds is 1. The topological polar surface area (TPSA) is 44.8 Å². The van der Waals surface area contributed by atoms with Crippen LogP contribution in [-0.2, 0) is 0 Å². The normalized spacial score (nSPS) is 17.0. The van der Waals surface area contributed by atoms with E-state index in [0.29, 0.717) is 5.92 Å². The molecule has 1 saturated heterocycles. The number of hydrogen-bond acceptors (Lipinski definition) is 3. The first-order valence-corrected chi connectivity index (χ1v) is 7.96. The number of nitrogens with one attached hydrogen (secondary N) is 1. The summed E-state index contributed by atoms with van der Waals surface area (Å²) in [5.41, 5.74) is 3.34. The first-order chi connectivity index (χ1) is 9.97. The van der Waals surface area contributed by atoms with Crippen molar-refractivity contribution in [2.24, 2.45) is 5.92 Å². The minimum Gasteiger partial charge on any atom is -0.306 e. The Hall–Kier alpha value is -1.42. The van der Waals surface area contributed by atoms with Gasteiger partial charge >= 0.3 is 0 Å². The number of H-pyrrole nitrogens is 1. The third kappa shape index (κ3) is 4.27. The number of aromatic amines is 1. The maximum atomic E-state index is 4.36. The van der Waals surface area contributed by atoms with Crippen LogP contribution in [0.3, 0.4) is 0 Å². The summed E-state index contributed by atoms with van der Waals surface area (Å²) < 4.78 is 0. The maximum absolute atomic E-state index is 4.36. The van der Waals surface area contributed by atoms with Gasteiger partial charge in [-0.15, -0.1) is 0 Å². The molecule has 0 bridgehead atoms. The van der Waals surface area contributed by atoms with Crippen LogP contribution in [0.1, 0.15) is 50.8 Å². The van der Waals surface area contributed by atoms with Crippen LogP contribution in [0.25, 0.3) is 11.0 Å². The monoisotopic (exact) mass is 288 g/mol. The molecule has 1 aliphatic heterocycles. The van der Waals surface area contributed by atoms with Gasteiger partial charge in [0.05, 0.1) is 0 Å². The Bertz CT molecular complexity index is 562. The molecule has 0 atom stereocenters. The lowest BCUT2D eigenvalue weighted by atomic mass is 9.92. The van der Waals surface area contributed by atoms with Crippen molar-refractivity contribution in [2.45, 2.75) is 46.5 Å². The zero-order chi connectivity index (χ0) is 15.4. The molecule has 1 N–H and O–H groups in total. The number of piperidine rings is 1. The number of likely N-dealkylation sites (tertiary alicyclic amines) is 1. The van der Waals surface area contributed by atoms with Crippen LogP contribution in [0.4, 0.5) is 0 Å². The molecule has 0 aliphatic carbocycles. The highest BCUT2D eigenvalue weighted by molar-refractivity contribution is 5.78. The fraction of sp³-hybridized carbons (Fsp3) is 0.647. The van der Waals surface area contributed by atoms with Crippen molar-refractivity contribution in [1.82, 2.24) is 20.1 Å². The van der Waals surface area contributed by atoms with Crippen molar-refractivity contribution in [3.8, 4) is 0 Å². The third-order valence-corrected chi connectivity index (χ3v) is 3.70. The summed E-state index contributed by atoms with van der Waals surface area (Å²) in [6.07, 6.45) is 4.30. The molecule has 1 aliphatic rings. The summed E-state index contributed by atoms with van der Waals surface area (Å²) in [6.45, 7) is 10.9. The molecule has 4 heteroatoms. The molecule has 21 heavy (non-hydrogen) atoms. The molecule has 116 valence electrons. The molecule has 0 spiro atoms. The van der Waals surface area contributed by atoms with E-state index in [-0.39, 0.29) is 0 Å². The van der Waals surface area contributed by atoms with Gasteiger partial charge in [-0.25, -0.2) is 4.98 Å². The summed E-state index contributed by atoms with van der Waals surface area (Å²) in [6, 6.07) is 2.19. The Morgan fingerprint density at radius 2 is 1.86 bits per heavy atom. The highest BCUT2D eigenvalue weighted by Crippen LogP contribution is 2.30. The van der Waals surface area contributed by atoms with E-state index >= 15 is 0 Å². The minimum absolute atomic E-state index is 0.611. The molecular weight excluding hydrogens is 260 g/mol. The third-order valence-electron chi connectivity index (χ3n) is 3.70. The molecule has 0 saturated carbocycles. The SMILES string of the molecule is CC(C)C.Cc1cnc2n[nH]c(C3CCN(C)CC3)c2c1. The van der Waals surface area contributed by atoms with Crippen LogP contribution in [0.15, 0.2) is 12.3 Å². The van der Waals surface area contributed by atoms with Crippen LogP contribution < -0.4 is 0 Å². The Balaban J connectivity index is 0.000000361. The first kappa shape index (κ1) is 16.0. The van der Waals surface area contributed by atoms with Crippen LogP contribution in [0.2, 0.25) is 0 Å². The molecule has 3 rings (SSSR count). The molecule has 0 aromatic carbocycles. The van der Waals surface area contributed by atoms with Gasteiger partial charge in [0.25, 0.3) is 0 Å². The summed E-state index contributed by atoms with van der Waals surface area (Å²) in [7, 11) is 2.19. The quantitative estimate of drug-likeness (QED) is 0.869. The molecule has 1 fully saturated rings. The minimum atomic E-state index is 0.611. The first-order valence-electron chi connectivity index (χ1n) is 7.96. The van der Waals surface area contributed by atoms with Crippen molar-refractivity contribution >= 4 is 11.0 Å². The van der Waals surface area contributed by atoms with Gasteiger partial charge in [0.2, 0.25) is 0 Å². The Morgan fingerprint density at radius 1 is 1.24 bits per heavy atom. The average molecular weight is 288 g/mol. The Labute approximate surface area is 128 Å². The lowest BCUT2D eigenvalue weighted by molar-refractivity contribution is 0.254. The Morgan fingerprint density at radius 3 is 2.48 bits per heavy atom. The summed E-state index contributed by atoms with van der Waals surface area (Å²) in [5, 5.41) is 8.71. The van der Waals surface area contributed by atoms with Crippen LogP contribution >= 0.6 is 0 Å². The largest absolute Gasteiger partial charge is 0.306 e. The lowest BCUT2D eigenvalue weighted by Gasteiger charge is -2.28. The van der Waals surface area contributed by atoms with Crippen molar-refractivity contribution < 1.29 is 0 Å². The molecule has 0 amide bonds. The molecule has 0 unspecified atom stereocenters. The fourth-order valence-corrected chi connectivity index (χ4v) is 2.63. The van der Waals surface area contributed by atoms with Gasteiger partial charge in [-0.1, -0.05) is 20.8 Å². The van der Waals surface area contributed by atoms with Gasteiger partial charge in [0.1, 0.15) is 0 Å². The highest BCUT2D eigenvalue weighted by atomic mass is 15.2. The zero-order valence-corrected chi connectivity index (χ0v) is 14.0. The van der Waals surface area contributed by atoms with E-state index < -0.39 is 0 Å². The van der Waals surface area contributed by atoms with E-state index in [2.05, 4.69) is 60.9 Å². The second-order valence-corrected chi connectivity index (χ2v) is 6.83. The predicted molar refractivity (Wildman–Crippen MR) is 88.6 cm³/mol. The van der Waals surface area contributed by atoms with Crippen molar-refractivity contribution in [1.29, 1.82) is 0 Å². The van der Waals surface area contributed by atoms with E-state index in [0.717, 1.165) is 11.6 Å². The molecule has 2 aromatic rings. The second kappa shape index (κ2) is 7.03. The summed E-state index contributed by atoms with van der Waals surface area (Å²) in [4.78, 5) is 6.75. The molecular formula is C17H28N4. The number of fused-ring (bicyclic) bond motifs is 1. The van der Waals surface area contributed by atoms with Crippen molar-refractivity contribution in [2.75, 3.05) is 20.1 Å². The van der Waals surface area contributed by atoms with Crippen LogP contribution in [-0.4, -0.2) is 40.2 Å². The molecule has 4 nitrogen and oxygen atoms in total. The van der Waals surface area contributed by atoms with E-state index in [9.17, 15) is 0 Å². The number of nitrogens with zero attached hydrogens (tertiary/aromatic N) is 3. The maximum Gasteiger partial charge on any atom is 0.181 e. The summed E-state index contributed by atoms with van der Waals surface area (Å²) >= 11 is 0. The molecule has 2 aromatic heterocycles. The van der Waals surface area contributed by atoms with Gasteiger partial charge in [-0.05, 0) is 57.5 Å². The van der Waals surface area contributed by atoms with Gasteiger partial charge < -0.3 is 4.90 Å². The number of aromatic nitrogens is 3. The van der Waals surface area contributed by atoms with E-state index in [1.54, 1.807) is 0 Å². The van der Waals surface area contributed by atoms with Gasteiger partial charge in [-0.2, -0.15) is 5.10 Å².